The first-order valence-corrected chi connectivity index (χ1v) is 12.6. The van der Waals surface area contributed by atoms with Gasteiger partial charge in [0.15, 0.2) is 0 Å². The number of amides is 1. The molecule has 0 unspecified atom stereocenters. The summed E-state index contributed by atoms with van der Waals surface area (Å²) in [4.78, 5) is 24.4. The molecule has 1 saturated carbocycles. The van der Waals surface area contributed by atoms with Crippen LogP contribution in [-0.4, -0.2) is 32.6 Å². The number of nitrogens with zero attached hydrogens (tertiary/aromatic N) is 4. The first-order valence-electron chi connectivity index (χ1n) is 12.6. The van der Waals surface area contributed by atoms with Crippen LogP contribution in [0.1, 0.15) is 48.8 Å². The summed E-state index contributed by atoms with van der Waals surface area (Å²) >= 11 is 0. The van der Waals surface area contributed by atoms with Gasteiger partial charge in [-0.25, -0.2) is 9.97 Å². The third-order valence-corrected chi connectivity index (χ3v) is 7.50. The van der Waals surface area contributed by atoms with Gasteiger partial charge in [-0.15, -0.1) is 0 Å². The van der Waals surface area contributed by atoms with Crippen LogP contribution >= 0.6 is 0 Å². The zero-order chi connectivity index (χ0) is 23.8. The summed E-state index contributed by atoms with van der Waals surface area (Å²) < 4.78 is 0. The fourth-order valence-corrected chi connectivity index (χ4v) is 5.58. The number of hydrogen-bond acceptors (Lipinski definition) is 5. The Labute approximate surface area is 205 Å². The Morgan fingerprint density at radius 2 is 1.94 bits per heavy atom. The molecule has 0 saturated heterocycles. The smallest absolute Gasteiger partial charge is 0.227 e. The predicted octanol–water partition coefficient (Wildman–Crippen LogP) is 5.41. The standard InChI is InChI=1S/C28H30N6O/c1-18-11-21(23-14-31-32-15-23)13-25-26(18)29-17-30-27(25)34-10-9-19-7-8-24(12-22(19)16-34)33-28(35)20-5-3-2-4-6-20/h7-8,11-15,17,20H,2-6,9-10,16H2,1H3,(H,31,32)(H,33,35). The quantitative estimate of drug-likeness (QED) is 0.420. The summed E-state index contributed by atoms with van der Waals surface area (Å²) in [6.45, 7) is 3.74. The third kappa shape index (κ3) is 4.27. The minimum atomic E-state index is 0.149. The van der Waals surface area contributed by atoms with Gasteiger partial charge in [0.2, 0.25) is 5.91 Å². The molecule has 2 aromatic carbocycles. The zero-order valence-corrected chi connectivity index (χ0v) is 20.1. The molecule has 178 valence electrons. The van der Waals surface area contributed by atoms with Gasteiger partial charge in [-0.1, -0.05) is 25.3 Å². The summed E-state index contributed by atoms with van der Waals surface area (Å²) in [5.41, 5.74) is 7.72. The number of hydrogen-bond donors (Lipinski definition) is 2. The van der Waals surface area contributed by atoms with Crippen molar-refractivity contribution in [3.63, 3.8) is 0 Å². The monoisotopic (exact) mass is 466 g/mol. The lowest BCUT2D eigenvalue weighted by Crippen LogP contribution is -2.31. The molecule has 2 aliphatic rings. The van der Waals surface area contributed by atoms with E-state index < -0.39 is 0 Å². The van der Waals surface area contributed by atoms with Crippen LogP contribution < -0.4 is 10.2 Å². The van der Waals surface area contributed by atoms with Crippen molar-refractivity contribution in [2.24, 2.45) is 5.92 Å². The number of aromatic nitrogens is 4. The maximum absolute atomic E-state index is 12.8. The summed E-state index contributed by atoms with van der Waals surface area (Å²) in [6, 6.07) is 10.7. The lowest BCUT2D eigenvalue weighted by Gasteiger charge is -2.31. The number of nitrogens with one attached hydrogen (secondary N) is 2. The van der Waals surface area contributed by atoms with Gasteiger partial charge >= 0.3 is 0 Å². The number of aromatic amines is 1. The van der Waals surface area contributed by atoms with E-state index in [1.165, 1.54) is 17.5 Å². The van der Waals surface area contributed by atoms with Crippen molar-refractivity contribution < 1.29 is 4.79 Å². The Bertz CT molecular complexity index is 1370. The van der Waals surface area contributed by atoms with Crippen LogP contribution in [-0.2, 0) is 17.8 Å². The molecule has 0 spiro atoms. The second-order valence-electron chi connectivity index (χ2n) is 9.85. The number of anilines is 2. The number of carbonyl (C=O) groups excluding carboxylic acids is 1. The van der Waals surface area contributed by atoms with Gasteiger partial charge in [0, 0.05) is 41.8 Å². The molecule has 4 aromatic rings. The Morgan fingerprint density at radius 3 is 2.77 bits per heavy atom. The van der Waals surface area contributed by atoms with Crippen molar-refractivity contribution in [1.82, 2.24) is 20.2 Å². The summed E-state index contributed by atoms with van der Waals surface area (Å²) in [5.74, 6) is 1.27. The molecular formula is C28H30N6O. The normalized spacial score (nSPS) is 16.3. The van der Waals surface area contributed by atoms with Crippen molar-refractivity contribution in [3.8, 4) is 11.1 Å². The van der Waals surface area contributed by atoms with Crippen molar-refractivity contribution in [2.75, 3.05) is 16.8 Å². The summed E-state index contributed by atoms with van der Waals surface area (Å²) in [6.07, 6.45) is 11.9. The molecule has 1 aliphatic heterocycles. The minimum absolute atomic E-state index is 0.149. The third-order valence-electron chi connectivity index (χ3n) is 7.50. The molecule has 1 fully saturated rings. The average Bonchev–Trinajstić information content (AvgIpc) is 3.44. The molecule has 1 aliphatic carbocycles. The molecule has 2 aromatic heterocycles. The van der Waals surface area contributed by atoms with E-state index in [1.54, 1.807) is 6.33 Å². The van der Waals surface area contributed by atoms with Crippen LogP contribution in [0.5, 0.6) is 0 Å². The first kappa shape index (κ1) is 21.8. The highest BCUT2D eigenvalue weighted by Crippen LogP contribution is 2.34. The van der Waals surface area contributed by atoms with E-state index in [9.17, 15) is 4.79 Å². The van der Waals surface area contributed by atoms with Crippen molar-refractivity contribution >= 4 is 28.3 Å². The molecular weight excluding hydrogens is 436 g/mol. The predicted molar refractivity (Wildman–Crippen MR) is 138 cm³/mol. The topological polar surface area (TPSA) is 86.8 Å². The van der Waals surface area contributed by atoms with Gasteiger partial charge in [-0.05, 0) is 72.7 Å². The lowest BCUT2D eigenvalue weighted by molar-refractivity contribution is -0.120. The van der Waals surface area contributed by atoms with Crippen LogP contribution in [0.3, 0.4) is 0 Å². The molecule has 1 amide bonds. The number of H-pyrrole nitrogens is 1. The fraction of sp³-hybridized carbons (Fsp3) is 0.357. The highest BCUT2D eigenvalue weighted by Gasteiger charge is 2.23. The fourth-order valence-electron chi connectivity index (χ4n) is 5.58. The minimum Gasteiger partial charge on any atom is -0.351 e. The van der Waals surface area contributed by atoms with Crippen LogP contribution in [0, 0.1) is 12.8 Å². The van der Waals surface area contributed by atoms with E-state index in [0.717, 1.165) is 84.3 Å². The van der Waals surface area contributed by atoms with Gasteiger partial charge in [-0.2, -0.15) is 5.10 Å². The number of fused-ring (bicyclic) bond motifs is 2. The average molecular weight is 467 g/mol. The van der Waals surface area contributed by atoms with Crippen LogP contribution in [0.15, 0.2) is 49.1 Å². The van der Waals surface area contributed by atoms with E-state index in [4.69, 9.17) is 4.98 Å². The van der Waals surface area contributed by atoms with E-state index >= 15 is 0 Å². The Balaban J connectivity index is 1.29. The number of aryl methyl sites for hydroxylation is 1. The molecule has 35 heavy (non-hydrogen) atoms. The molecule has 3 heterocycles. The second-order valence-corrected chi connectivity index (χ2v) is 9.85. The second kappa shape index (κ2) is 9.13. The number of carbonyl (C=O) groups is 1. The largest absolute Gasteiger partial charge is 0.351 e. The maximum Gasteiger partial charge on any atom is 0.227 e. The van der Waals surface area contributed by atoms with E-state index in [-0.39, 0.29) is 11.8 Å². The van der Waals surface area contributed by atoms with Gasteiger partial charge in [0.05, 0.1) is 11.7 Å². The van der Waals surface area contributed by atoms with Crippen molar-refractivity contribution in [2.45, 2.75) is 52.0 Å². The first-order chi connectivity index (χ1) is 17.2. The molecule has 0 radical (unpaired) electrons. The lowest BCUT2D eigenvalue weighted by atomic mass is 9.88. The molecule has 6 rings (SSSR count). The van der Waals surface area contributed by atoms with Crippen molar-refractivity contribution in [1.29, 1.82) is 0 Å². The van der Waals surface area contributed by atoms with Crippen molar-refractivity contribution in [3.05, 3.63) is 65.7 Å². The molecule has 0 bridgehead atoms. The van der Waals surface area contributed by atoms with Gasteiger partial charge in [0.25, 0.3) is 0 Å². The maximum atomic E-state index is 12.8. The molecule has 7 nitrogen and oxygen atoms in total. The Kier molecular flexibility index (Phi) is 5.68. The Hall–Kier alpha value is -3.74. The number of rotatable bonds is 4. The van der Waals surface area contributed by atoms with Crippen LogP contribution in [0.4, 0.5) is 11.5 Å². The van der Waals surface area contributed by atoms with Gasteiger partial charge < -0.3 is 10.2 Å². The Morgan fingerprint density at radius 1 is 1.06 bits per heavy atom. The zero-order valence-electron chi connectivity index (χ0n) is 20.1. The summed E-state index contributed by atoms with van der Waals surface area (Å²) in [7, 11) is 0. The highest BCUT2D eigenvalue weighted by molar-refractivity contribution is 5.95. The van der Waals surface area contributed by atoms with E-state index in [1.807, 2.05) is 12.4 Å². The van der Waals surface area contributed by atoms with Crippen LogP contribution in [0.25, 0.3) is 22.0 Å². The molecule has 7 heteroatoms. The SMILES string of the molecule is Cc1cc(-c2cn[nH]c2)cc2c(N3CCc4ccc(NC(=O)C5CCCCC5)cc4C3)ncnc12. The highest BCUT2D eigenvalue weighted by atomic mass is 16.1. The van der Waals surface area contributed by atoms with E-state index in [2.05, 4.69) is 62.7 Å². The van der Waals surface area contributed by atoms with Crippen LogP contribution in [0.2, 0.25) is 0 Å². The molecule has 2 N–H and O–H groups in total. The van der Waals surface area contributed by atoms with E-state index in [0.29, 0.717) is 0 Å². The number of benzene rings is 2. The van der Waals surface area contributed by atoms with Gasteiger partial charge in [-0.3, -0.25) is 9.89 Å². The van der Waals surface area contributed by atoms with Gasteiger partial charge in [0.1, 0.15) is 12.1 Å². The molecule has 0 atom stereocenters. The summed E-state index contributed by atoms with van der Waals surface area (Å²) in [5, 5.41) is 11.2.